The van der Waals surface area contributed by atoms with E-state index in [1.807, 2.05) is 0 Å². The van der Waals surface area contributed by atoms with E-state index in [4.69, 9.17) is 9.47 Å². The molecule has 0 bridgehead atoms. The summed E-state index contributed by atoms with van der Waals surface area (Å²) in [4.78, 5) is 2.31. The van der Waals surface area contributed by atoms with Crippen LogP contribution in [0.15, 0.2) is 0 Å². The predicted octanol–water partition coefficient (Wildman–Crippen LogP) is 1.62. The lowest BCUT2D eigenvalue weighted by Gasteiger charge is -2.32. The Morgan fingerprint density at radius 1 is 1.19 bits per heavy atom. The van der Waals surface area contributed by atoms with Crippen molar-refractivity contribution in [1.82, 2.24) is 4.90 Å². The smallest absolute Gasteiger partial charge is 0.0722 e. The standard InChI is InChI=1S/C11H26NO2PS/c1-12(6-7-15(4)5)8-11(16,9-13-2)10-14-3/h16H,6-10H2,1-5H3. The van der Waals surface area contributed by atoms with E-state index in [0.717, 1.165) is 13.1 Å². The molecule has 0 atom stereocenters. The van der Waals surface area contributed by atoms with E-state index >= 15 is 0 Å². The second-order valence-corrected chi connectivity index (χ2v) is 8.19. The maximum absolute atomic E-state index is 5.21. The normalized spacial score (nSPS) is 12.8. The van der Waals surface area contributed by atoms with Gasteiger partial charge in [0.25, 0.3) is 0 Å². The largest absolute Gasteiger partial charge is 0.383 e. The highest BCUT2D eigenvalue weighted by Gasteiger charge is 2.27. The molecule has 0 aliphatic rings. The molecule has 0 rings (SSSR count). The van der Waals surface area contributed by atoms with E-state index in [2.05, 4.69) is 37.9 Å². The molecule has 0 radical (unpaired) electrons. The molecule has 5 heteroatoms. The minimum absolute atomic E-state index is 0.181. The third-order valence-electron chi connectivity index (χ3n) is 2.32. The molecular weight excluding hydrogens is 241 g/mol. The summed E-state index contributed by atoms with van der Waals surface area (Å²) < 4.78 is 10.2. The minimum atomic E-state index is -0.206. The van der Waals surface area contributed by atoms with E-state index < -0.39 is 0 Å². The van der Waals surface area contributed by atoms with Gasteiger partial charge in [-0.3, -0.25) is 0 Å². The van der Waals surface area contributed by atoms with E-state index in [1.54, 1.807) is 14.2 Å². The molecule has 0 aromatic heterocycles. The average Bonchev–Trinajstić information content (AvgIpc) is 2.15. The van der Waals surface area contributed by atoms with Gasteiger partial charge >= 0.3 is 0 Å². The number of nitrogens with zero attached hydrogens (tertiary/aromatic N) is 1. The van der Waals surface area contributed by atoms with Gasteiger partial charge in [-0.2, -0.15) is 12.6 Å². The Morgan fingerprint density at radius 2 is 1.69 bits per heavy atom. The van der Waals surface area contributed by atoms with Crippen LogP contribution in [-0.4, -0.2) is 76.7 Å². The first-order valence-electron chi connectivity index (χ1n) is 5.47. The van der Waals surface area contributed by atoms with Gasteiger partial charge in [-0.1, -0.05) is 0 Å². The molecule has 0 aromatic rings. The van der Waals surface area contributed by atoms with Gasteiger partial charge in [0.05, 0.1) is 18.0 Å². The fourth-order valence-electron chi connectivity index (χ4n) is 1.62. The number of hydrogen-bond donors (Lipinski definition) is 1. The Labute approximate surface area is 107 Å². The Bertz CT molecular complexity index is 175. The molecule has 0 aliphatic heterocycles. The molecule has 0 saturated heterocycles. The van der Waals surface area contributed by atoms with Gasteiger partial charge in [-0.15, -0.1) is 7.92 Å². The number of ether oxygens (including phenoxy) is 2. The molecule has 3 nitrogen and oxygen atoms in total. The van der Waals surface area contributed by atoms with Crippen molar-refractivity contribution in [2.24, 2.45) is 0 Å². The van der Waals surface area contributed by atoms with Crippen molar-refractivity contribution < 1.29 is 9.47 Å². The SMILES string of the molecule is COCC(S)(COC)CN(C)CCP(C)C. The predicted molar refractivity (Wildman–Crippen MR) is 76.6 cm³/mol. The summed E-state index contributed by atoms with van der Waals surface area (Å²) in [5.41, 5.74) is 0. The zero-order valence-electron chi connectivity index (χ0n) is 11.2. The zero-order valence-corrected chi connectivity index (χ0v) is 13.0. The topological polar surface area (TPSA) is 21.7 Å². The van der Waals surface area contributed by atoms with Crippen molar-refractivity contribution in [3.63, 3.8) is 0 Å². The third-order valence-corrected chi connectivity index (χ3v) is 3.81. The van der Waals surface area contributed by atoms with Crippen LogP contribution in [-0.2, 0) is 9.47 Å². The van der Waals surface area contributed by atoms with E-state index in [0.29, 0.717) is 13.2 Å². The van der Waals surface area contributed by atoms with Crippen LogP contribution in [0.5, 0.6) is 0 Å². The lowest BCUT2D eigenvalue weighted by atomic mass is 10.1. The average molecular weight is 267 g/mol. The highest BCUT2D eigenvalue weighted by Crippen LogP contribution is 2.24. The number of methoxy groups -OCH3 is 2. The van der Waals surface area contributed by atoms with Crippen LogP contribution in [0.25, 0.3) is 0 Å². The highest BCUT2D eigenvalue weighted by atomic mass is 32.1. The van der Waals surface area contributed by atoms with Crippen LogP contribution in [0.3, 0.4) is 0 Å². The van der Waals surface area contributed by atoms with Crippen LogP contribution >= 0.6 is 20.6 Å². The fourth-order valence-corrected chi connectivity index (χ4v) is 2.86. The van der Waals surface area contributed by atoms with Gasteiger partial charge in [-0.25, -0.2) is 0 Å². The van der Waals surface area contributed by atoms with Crippen molar-refractivity contribution in [2.75, 3.05) is 67.1 Å². The molecule has 0 heterocycles. The first-order valence-corrected chi connectivity index (χ1v) is 8.34. The molecule has 0 N–H and O–H groups in total. The van der Waals surface area contributed by atoms with Crippen LogP contribution in [0.1, 0.15) is 0 Å². The van der Waals surface area contributed by atoms with Crippen molar-refractivity contribution >= 4 is 20.6 Å². The highest BCUT2D eigenvalue weighted by molar-refractivity contribution is 7.82. The van der Waals surface area contributed by atoms with Crippen LogP contribution in [0, 0.1) is 0 Å². The quantitative estimate of drug-likeness (QED) is 0.507. The van der Waals surface area contributed by atoms with E-state index in [1.165, 1.54) is 6.16 Å². The maximum Gasteiger partial charge on any atom is 0.0722 e. The Kier molecular flexibility index (Phi) is 9.07. The van der Waals surface area contributed by atoms with E-state index in [9.17, 15) is 0 Å². The van der Waals surface area contributed by atoms with Crippen molar-refractivity contribution in [1.29, 1.82) is 0 Å². The van der Waals surface area contributed by atoms with Gasteiger partial charge in [0.2, 0.25) is 0 Å². The van der Waals surface area contributed by atoms with Gasteiger partial charge < -0.3 is 14.4 Å². The summed E-state index contributed by atoms with van der Waals surface area (Å²) in [6.45, 7) is 7.85. The summed E-state index contributed by atoms with van der Waals surface area (Å²) in [7, 11) is 5.73. The zero-order chi connectivity index (χ0) is 12.6. The Morgan fingerprint density at radius 3 is 2.06 bits per heavy atom. The molecule has 16 heavy (non-hydrogen) atoms. The molecule has 0 saturated carbocycles. The van der Waals surface area contributed by atoms with Gasteiger partial charge in [0.1, 0.15) is 0 Å². The monoisotopic (exact) mass is 267 g/mol. The summed E-state index contributed by atoms with van der Waals surface area (Å²) >= 11 is 4.68. The molecule has 0 aromatic carbocycles. The number of thiol groups is 1. The van der Waals surface area contributed by atoms with Crippen LogP contribution in [0.4, 0.5) is 0 Å². The minimum Gasteiger partial charge on any atom is -0.383 e. The van der Waals surface area contributed by atoms with Crippen molar-refractivity contribution in [3.05, 3.63) is 0 Å². The Balaban J connectivity index is 4.06. The summed E-state index contributed by atoms with van der Waals surface area (Å²) in [5.74, 6) is 0. The number of hydrogen-bond acceptors (Lipinski definition) is 4. The lowest BCUT2D eigenvalue weighted by molar-refractivity contribution is 0.0877. The molecule has 98 valence electrons. The third kappa shape index (κ3) is 7.86. The van der Waals surface area contributed by atoms with Crippen LogP contribution in [0.2, 0.25) is 0 Å². The Hall–Kier alpha value is 0.660. The summed E-state index contributed by atoms with van der Waals surface area (Å²) in [6, 6.07) is 0. The van der Waals surface area contributed by atoms with Crippen LogP contribution < -0.4 is 0 Å². The lowest BCUT2D eigenvalue weighted by Crippen LogP contribution is -2.44. The van der Waals surface area contributed by atoms with Gasteiger partial charge in [0, 0.05) is 27.3 Å². The summed E-state index contributed by atoms with van der Waals surface area (Å²) in [6.07, 6.45) is 1.27. The van der Waals surface area contributed by atoms with Crippen molar-refractivity contribution in [2.45, 2.75) is 4.75 Å². The second-order valence-electron chi connectivity index (χ2n) is 4.63. The van der Waals surface area contributed by atoms with Gasteiger partial charge in [0.15, 0.2) is 0 Å². The number of rotatable bonds is 9. The molecule has 0 aliphatic carbocycles. The first-order chi connectivity index (χ1) is 7.43. The fraction of sp³-hybridized carbons (Fsp3) is 1.00. The van der Waals surface area contributed by atoms with Crippen molar-refractivity contribution in [3.8, 4) is 0 Å². The first kappa shape index (κ1) is 16.7. The second kappa shape index (κ2) is 8.71. The molecule has 0 fully saturated rings. The summed E-state index contributed by atoms with van der Waals surface area (Å²) in [5, 5.41) is 0. The molecule has 0 spiro atoms. The molecular formula is C11H26NO2PS. The maximum atomic E-state index is 5.21. The van der Waals surface area contributed by atoms with E-state index in [-0.39, 0.29) is 12.7 Å². The van der Waals surface area contributed by atoms with Gasteiger partial charge in [-0.05, 0) is 26.5 Å². The molecule has 0 unspecified atom stereocenters. The molecule has 0 amide bonds.